The summed E-state index contributed by atoms with van der Waals surface area (Å²) in [7, 11) is 4.91. The maximum Gasteiger partial charge on any atom is 0.225 e. The van der Waals surface area contributed by atoms with E-state index in [4.69, 9.17) is 14.2 Å². The largest absolute Gasteiger partial charge is 0.497 e. The van der Waals surface area contributed by atoms with Crippen molar-refractivity contribution in [3.8, 4) is 17.2 Å². The molecule has 5 heteroatoms. The number of rotatable bonds is 9. The molecule has 2 aromatic rings. The van der Waals surface area contributed by atoms with E-state index >= 15 is 0 Å². The van der Waals surface area contributed by atoms with Gasteiger partial charge in [0, 0.05) is 19.0 Å². The van der Waals surface area contributed by atoms with Crippen molar-refractivity contribution in [2.45, 2.75) is 25.8 Å². The quantitative estimate of drug-likeness (QED) is 0.676. The molecule has 3 rings (SSSR count). The molecule has 0 spiro atoms. The predicted molar refractivity (Wildman–Crippen MR) is 104 cm³/mol. The summed E-state index contributed by atoms with van der Waals surface area (Å²) < 4.78 is 15.9. The molecule has 1 amide bonds. The van der Waals surface area contributed by atoms with E-state index in [-0.39, 0.29) is 11.8 Å². The summed E-state index contributed by atoms with van der Waals surface area (Å²) in [6, 6.07) is 13.8. The first-order valence-electron chi connectivity index (χ1n) is 9.27. The molecule has 0 aromatic heterocycles. The molecule has 1 aliphatic rings. The Morgan fingerprint density at radius 1 is 0.926 bits per heavy atom. The van der Waals surface area contributed by atoms with Crippen molar-refractivity contribution < 1.29 is 19.0 Å². The SMILES string of the molecule is COc1ccc(CN(CCc2ccc(OC)c(OC)c2)C(=O)C2CC2)cc1. The zero-order valence-corrected chi connectivity index (χ0v) is 16.2. The van der Waals surface area contributed by atoms with E-state index in [1.54, 1.807) is 21.3 Å². The summed E-state index contributed by atoms with van der Waals surface area (Å²) in [5, 5.41) is 0. The Morgan fingerprint density at radius 2 is 1.59 bits per heavy atom. The fourth-order valence-electron chi connectivity index (χ4n) is 3.11. The molecule has 27 heavy (non-hydrogen) atoms. The molecule has 0 unspecified atom stereocenters. The highest BCUT2D eigenvalue weighted by molar-refractivity contribution is 5.81. The highest BCUT2D eigenvalue weighted by Gasteiger charge is 2.33. The van der Waals surface area contributed by atoms with Gasteiger partial charge in [-0.2, -0.15) is 0 Å². The molecule has 1 aliphatic carbocycles. The normalized spacial score (nSPS) is 13.1. The van der Waals surface area contributed by atoms with Gasteiger partial charge in [-0.3, -0.25) is 4.79 Å². The second-order valence-electron chi connectivity index (χ2n) is 6.82. The van der Waals surface area contributed by atoms with Crippen LogP contribution in [-0.2, 0) is 17.8 Å². The van der Waals surface area contributed by atoms with Crippen LogP contribution in [0, 0.1) is 5.92 Å². The summed E-state index contributed by atoms with van der Waals surface area (Å²) in [5.74, 6) is 2.71. The average molecular weight is 369 g/mol. The molecule has 0 radical (unpaired) electrons. The van der Waals surface area contributed by atoms with Crippen LogP contribution in [0.25, 0.3) is 0 Å². The Kier molecular flexibility index (Phi) is 6.22. The van der Waals surface area contributed by atoms with E-state index in [1.807, 2.05) is 47.4 Å². The molecule has 0 N–H and O–H groups in total. The number of hydrogen-bond donors (Lipinski definition) is 0. The third kappa shape index (κ3) is 4.94. The summed E-state index contributed by atoms with van der Waals surface area (Å²) in [6.45, 7) is 1.30. The van der Waals surface area contributed by atoms with Crippen LogP contribution in [0.4, 0.5) is 0 Å². The molecule has 144 valence electrons. The van der Waals surface area contributed by atoms with Crippen molar-refractivity contribution in [2.75, 3.05) is 27.9 Å². The van der Waals surface area contributed by atoms with Gasteiger partial charge in [-0.15, -0.1) is 0 Å². The first-order valence-corrected chi connectivity index (χ1v) is 9.27. The molecular weight excluding hydrogens is 342 g/mol. The molecule has 1 fully saturated rings. The number of benzene rings is 2. The Hall–Kier alpha value is -2.69. The van der Waals surface area contributed by atoms with Gasteiger partial charge in [0.05, 0.1) is 21.3 Å². The van der Waals surface area contributed by atoms with Gasteiger partial charge in [-0.1, -0.05) is 18.2 Å². The summed E-state index contributed by atoms with van der Waals surface area (Å²) >= 11 is 0. The lowest BCUT2D eigenvalue weighted by molar-refractivity contribution is -0.133. The van der Waals surface area contributed by atoms with Crippen LogP contribution >= 0.6 is 0 Å². The smallest absolute Gasteiger partial charge is 0.225 e. The lowest BCUT2D eigenvalue weighted by Gasteiger charge is -2.23. The zero-order valence-electron chi connectivity index (χ0n) is 16.2. The lowest BCUT2D eigenvalue weighted by atomic mass is 10.1. The Balaban J connectivity index is 1.69. The topological polar surface area (TPSA) is 48.0 Å². The van der Waals surface area contributed by atoms with Crippen LogP contribution in [-0.4, -0.2) is 38.7 Å². The fraction of sp³-hybridized carbons (Fsp3) is 0.409. The summed E-state index contributed by atoms with van der Waals surface area (Å²) in [4.78, 5) is 14.7. The molecule has 5 nitrogen and oxygen atoms in total. The maximum atomic E-state index is 12.7. The number of carbonyl (C=O) groups excluding carboxylic acids is 1. The van der Waals surface area contributed by atoms with E-state index < -0.39 is 0 Å². The number of carbonyl (C=O) groups is 1. The molecule has 0 aliphatic heterocycles. The summed E-state index contributed by atoms with van der Waals surface area (Å²) in [6.07, 6.45) is 2.79. The van der Waals surface area contributed by atoms with Gasteiger partial charge in [0.15, 0.2) is 11.5 Å². The van der Waals surface area contributed by atoms with Gasteiger partial charge in [-0.05, 0) is 54.7 Å². The van der Waals surface area contributed by atoms with Gasteiger partial charge in [0.1, 0.15) is 5.75 Å². The second kappa shape index (κ2) is 8.80. The van der Waals surface area contributed by atoms with Crippen molar-refractivity contribution >= 4 is 5.91 Å². The zero-order chi connectivity index (χ0) is 19.2. The van der Waals surface area contributed by atoms with Crippen LogP contribution in [0.15, 0.2) is 42.5 Å². The van der Waals surface area contributed by atoms with Crippen molar-refractivity contribution in [3.05, 3.63) is 53.6 Å². The average Bonchev–Trinajstić information content (AvgIpc) is 3.56. The van der Waals surface area contributed by atoms with Gasteiger partial charge in [0.2, 0.25) is 5.91 Å². The number of nitrogens with zero attached hydrogens (tertiary/aromatic N) is 1. The molecule has 0 atom stereocenters. The standard InChI is InChI=1S/C22H27NO4/c1-25-19-9-4-17(5-10-19)15-23(22(24)18-7-8-18)13-12-16-6-11-20(26-2)21(14-16)27-3/h4-6,9-11,14,18H,7-8,12-13,15H2,1-3H3. The highest BCUT2D eigenvalue weighted by atomic mass is 16.5. The van der Waals surface area contributed by atoms with Gasteiger partial charge >= 0.3 is 0 Å². The molecule has 2 aromatic carbocycles. The minimum Gasteiger partial charge on any atom is -0.497 e. The van der Waals surface area contributed by atoms with E-state index in [2.05, 4.69) is 0 Å². The first kappa shape index (κ1) is 19.1. The van der Waals surface area contributed by atoms with Crippen LogP contribution in [0.5, 0.6) is 17.2 Å². The van der Waals surface area contributed by atoms with Crippen molar-refractivity contribution in [1.29, 1.82) is 0 Å². The van der Waals surface area contributed by atoms with Gasteiger partial charge in [-0.25, -0.2) is 0 Å². The minimum absolute atomic E-state index is 0.202. The lowest BCUT2D eigenvalue weighted by Crippen LogP contribution is -2.33. The van der Waals surface area contributed by atoms with Crippen molar-refractivity contribution in [2.24, 2.45) is 5.92 Å². The Labute approximate surface area is 160 Å². The second-order valence-corrected chi connectivity index (χ2v) is 6.82. The van der Waals surface area contributed by atoms with Crippen LogP contribution < -0.4 is 14.2 Å². The monoisotopic (exact) mass is 369 g/mol. The Bertz CT molecular complexity index is 768. The summed E-state index contributed by atoms with van der Waals surface area (Å²) in [5.41, 5.74) is 2.23. The van der Waals surface area contributed by atoms with E-state index in [9.17, 15) is 4.79 Å². The van der Waals surface area contributed by atoms with E-state index in [1.165, 1.54) is 0 Å². The molecule has 0 heterocycles. The third-order valence-electron chi connectivity index (χ3n) is 4.89. The van der Waals surface area contributed by atoms with Crippen LogP contribution in [0.2, 0.25) is 0 Å². The van der Waals surface area contributed by atoms with Crippen LogP contribution in [0.1, 0.15) is 24.0 Å². The molecule has 0 bridgehead atoms. The molecular formula is C22H27NO4. The van der Waals surface area contributed by atoms with Crippen LogP contribution in [0.3, 0.4) is 0 Å². The third-order valence-corrected chi connectivity index (χ3v) is 4.89. The van der Waals surface area contributed by atoms with E-state index in [0.717, 1.165) is 36.1 Å². The van der Waals surface area contributed by atoms with Gasteiger partial charge < -0.3 is 19.1 Å². The maximum absolute atomic E-state index is 12.7. The predicted octanol–water partition coefficient (Wildman–Crippen LogP) is 3.69. The number of methoxy groups -OCH3 is 3. The molecule has 0 saturated heterocycles. The molecule has 1 saturated carbocycles. The van der Waals surface area contributed by atoms with Crippen molar-refractivity contribution in [3.63, 3.8) is 0 Å². The number of ether oxygens (including phenoxy) is 3. The number of hydrogen-bond acceptors (Lipinski definition) is 4. The first-order chi connectivity index (χ1) is 13.1. The minimum atomic E-state index is 0.202. The van der Waals surface area contributed by atoms with Gasteiger partial charge in [0.25, 0.3) is 0 Å². The number of amides is 1. The highest BCUT2D eigenvalue weighted by Crippen LogP contribution is 2.32. The fourth-order valence-corrected chi connectivity index (χ4v) is 3.11. The van der Waals surface area contributed by atoms with Crippen molar-refractivity contribution in [1.82, 2.24) is 4.90 Å². The van der Waals surface area contributed by atoms with E-state index in [0.29, 0.717) is 24.6 Å². The Morgan fingerprint density at radius 3 is 2.19 bits per heavy atom.